The number of ether oxygens (including phenoxy) is 1. The normalized spacial score (nSPS) is 13.2. The van der Waals surface area contributed by atoms with Crippen molar-refractivity contribution in [3.8, 4) is 0 Å². The van der Waals surface area contributed by atoms with E-state index < -0.39 is 17.9 Å². The summed E-state index contributed by atoms with van der Waals surface area (Å²) in [5.74, 6) is -2.05. The second-order valence-corrected chi connectivity index (χ2v) is 4.94. The van der Waals surface area contributed by atoms with E-state index in [9.17, 15) is 14.0 Å². The molecule has 0 saturated heterocycles. The molecule has 0 fully saturated rings. The Hall–Kier alpha value is -2.21. The molecule has 2 N–H and O–H groups in total. The maximum absolute atomic E-state index is 12.9. The van der Waals surface area contributed by atoms with Gasteiger partial charge in [-0.15, -0.1) is 6.58 Å². The topological polar surface area (TPSA) is 75.6 Å². The number of carbonyl (C=O) groups is 2. The zero-order chi connectivity index (χ0) is 16.5. The van der Waals surface area contributed by atoms with Crippen molar-refractivity contribution in [2.75, 3.05) is 13.2 Å². The largest absolute Gasteiger partial charge is 0.480 e. The zero-order valence-electron chi connectivity index (χ0n) is 12.4. The third-order valence-corrected chi connectivity index (χ3v) is 3.08. The maximum atomic E-state index is 12.9. The van der Waals surface area contributed by atoms with Gasteiger partial charge in [0.25, 0.3) is 0 Å². The van der Waals surface area contributed by atoms with Crippen molar-refractivity contribution < 1.29 is 23.8 Å². The van der Waals surface area contributed by atoms with Gasteiger partial charge >= 0.3 is 5.97 Å². The number of amides is 1. The lowest BCUT2D eigenvalue weighted by molar-refractivity contribution is -0.143. The minimum atomic E-state index is -1.16. The monoisotopic (exact) mass is 309 g/mol. The lowest BCUT2D eigenvalue weighted by Gasteiger charge is -2.16. The quantitative estimate of drug-likeness (QED) is 0.541. The van der Waals surface area contributed by atoms with E-state index in [0.29, 0.717) is 0 Å². The van der Waals surface area contributed by atoms with Crippen molar-refractivity contribution in [3.05, 3.63) is 48.3 Å². The van der Waals surface area contributed by atoms with Crippen LogP contribution in [0.3, 0.4) is 0 Å². The first-order chi connectivity index (χ1) is 10.4. The van der Waals surface area contributed by atoms with Gasteiger partial charge in [-0.3, -0.25) is 4.79 Å². The molecule has 1 aromatic rings. The number of halogens is 1. The van der Waals surface area contributed by atoms with Gasteiger partial charge in [0.1, 0.15) is 5.82 Å². The molecule has 1 amide bonds. The van der Waals surface area contributed by atoms with Crippen molar-refractivity contribution in [1.82, 2.24) is 5.32 Å². The molecule has 120 valence electrons. The predicted octanol–water partition coefficient (Wildman–Crippen LogP) is 2.09. The van der Waals surface area contributed by atoms with Crippen LogP contribution in [0.25, 0.3) is 0 Å². The second-order valence-electron chi connectivity index (χ2n) is 4.94. The van der Waals surface area contributed by atoms with Gasteiger partial charge in [0.2, 0.25) is 5.91 Å². The van der Waals surface area contributed by atoms with Crippen LogP contribution < -0.4 is 5.32 Å². The molecular weight excluding hydrogens is 289 g/mol. The number of rotatable bonds is 9. The highest BCUT2D eigenvalue weighted by Crippen LogP contribution is 2.19. The molecule has 0 aliphatic rings. The molecule has 2 atom stereocenters. The summed E-state index contributed by atoms with van der Waals surface area (Å²) >= 11 is 0. The van der Waals surface area contributed by atoms with Crippen molar-refractivity contribution in [3.63, 3.8) is 0 Å². The summed E-state index contributed by atoms with van der Waals surface area (Å²) in [4.78, 5) is 23.0. The Kier molecular flexibility index (Phi) is 7.25. The van der Waals surface area contributed by atoms with Crippen LogP contribution >= 0.6 is 0 Å². The van der Waals surface area contributed by atoms with Crippen LogP contribution in [0.4, 0.5) is 4.39 Å². The Balaban J connectivity index is 2.53. The Labute approximate surface area is 128 Å². The molecule has 0 saturated carbocycles. The Bertz CT molecular complexity index is 515. The lowest BCUT2D eigenvalue weighted by Crippen LogP contribution is -2.44. The van der Waals surface area contributed by atoms with Gasteiger partial charge in [-0.2, -0.15) is 0 Å². The molecule has 6 heteroatoms. The maximum Gasteiger partial charge on any atom is 0.328 e. The Morgan fingerprint density at radius 1 is 1.41 bits per heavy atom. The zero-order valence-corrected chi connectivity index (χ0v) is 12.4. The first kappa shape index (κ1) is 17.8. The Morgan fingerprint density at radius 2 is 2.05 bits per heavy atom. The minimum absolute atomic E-state index is 0.108. The molecule has 0 aliphatic carbocycles. The minimum Gasteiger partial charge on any atom is -0.480 e. The van der Waals surface area contributed by atoms with E-state index >= 15 is 0 Å². The van der Waals surface area contributed by atoms with Gasteiger partial charge in [0, 0.05) is 6.42 Å². The fraction of sp³-hybridized carbons (Fsp3) is 0.375. The van der Waals surface area contributed by atoms with Crippen LogP contribution in [0.1, 0.15) is 24.8 Å². The number of carboxylic acid groups (broad SMARTS) is 1. The van der Waals surface area contributed by atoms with Crippen LogP contribution in [-0.2, 0) is 14.3 Å². The first-order valence-corrected chi connectivity index (χ1v) is 6.90. The van der Waals surface area contributed by atoms with E-state index in [1.807, 2.05) is 6.92 Å². The van der Waals surface area contributed by atoms with Crippen LogP contribution in [0.15, 0.2) is 36.9 Å². The molecule has 1 rings (SSSR count). The highest BCUT2D eigenvalue weighted by molar-refractivity contribution is 5.84. The summed E-state index contributed by atoms with van der Waals surface area (Å²) in [6, 6.07) is 4.76. The molecule has 0 heterocycles. The average Bonchev–Trinajstić information content (AvgIpc) is 2.46. The van der Waals surface area contributed by atoms with Gasteiger partial charge < -0.3 is 15.2 Å². The molecule has 0 bridgehead atoms. The van der Waals surface area contributed by atoms with E-state index in [0.717, 1.165) is 5.56 Å². The fourth-order valence-corrected chi connectivity index (χ4v) is 1.88. The van der Waals surface area contributed by atoms with Crippen molar-refractivity contribution >= 4 is 11.9 Å². The number of hydrogen-bond acceptors (Lipinski definition) is 3. The van der Waals surface area contributed by atoms with Crippen molar-refractivity contribution in [2.24, 2.45) is 0 Å². The van der Waals surface area contributed by atoms with E-state index in [4.69, 9.17) is 9.84 Å². The first-order valence-electron chi connectivity index (χ1n) is 6.90. The predicted molar refractivity (Wildman–Crippen MR) is 80.0 cm³/mol. The summed E-state index contributed by atoms with van der Waals surface area (Å²) < 4.78 is 17.9. The van der Waals surface area contributed by atoms with E-state index in [-0.39, 0.29) is 31.4 Å². The van der Waals surface area contributed by atoms with Crippen LogP contribution in [0, 0.1) is 5.82 Å². The van der Waals surface area contributed by atoms with Gasteiger partial charge in [0.05, 0.1) is 13.2 Å². The number of carboxylic acids is 1. The van der Waals surface area contributed by atoms with Gasteiger partial charge in [0.15, 0.2) is 6.04 Å². The molecule has 0 radical (unpaired) electrons. The third-order valence-electron chi connectivity index (χ3n) is 3.08. The standard InChI is InChI=1S/C16H20FNO4/c1-3-8-22-10-14(16(20)21)18-15(19)9-11(2)12-4-6-13(17)7-5-12/h3-7,11,14H,1,8-10H2,2H3,(H,18,19)(H,20,21). The van der Waals surface area contributed by atoms with Crippen molar-refractivity contribution in [1.29, 1.82) is 0 Å². The molecule has 1 aromatic carbocycles. The van der Waals surface area contributed by atoms with Gasteiger partial charge in [-0.25, -0.2) is 9.18 Å². The Morgan fingerprint density at radius 3 is 2.59 bits per heavy atom. The van der Waals surface area contributed by atoms with E-state index in [1.54, 1.807) is 12.1 Å². The number of benzene rings is 1. The summed E-state index contributed by atoms with van der Waals surface area (Å²) in [6.07, 6.45) is 1.61. The highest BCUT2D eigenvalue weighted by Gasteiger charge is 2.21. The number of hydrogen-bond donors (Lipinski definition) is 2. The van der Waals surface area contributed by atoms with Crippen LogP contribution in [0.5, 0.6) is 0 Å². The summed E-state index contributed by atoms with van der Waals surface area (Å²) in [5, 5.41) is 11.5. The number of aliphatic carboxylic acids is 1. The van der Waals surface area contributed by atoms with E-state index in [1.165, 1.54) is 18.2 Å². The summed E-state index contributed by atoms with van der Waals surface area (Å²) in [6.45, 7) is 5.36. The molecule has 0 spiro atoms. The smallest absolute Gasteiger partial charge is 0.328 e. The number of nitrogens with one attached hydrogen (secondary N) is 1. The van der Waals surface area contributed by atoms with Crippen molar-refractivity contribution in [2.45, 2.75) is 25.3 Å². The van der Waals surface area contributed by atoms with Gasteiger partial charge in [-0.05, 0) is 23.6 Å². The molecule has 5 nitrogen and oxygen atoms in total. The SMILES string of the molecule is C=CCOCC(NC(=O)CC(C)c1ccc(F)cc1)C(=O)O. The highest BCUT2D eigenvalue weighted by atomic mass is 19.1. The molecule has 0 aliphatic heterocycles. The van der Waals surface area contributed by atoms with Gasteiger partial charge in [-0.1, -0.05) is 25.1 Å². The van der Waals surface area contributed by atoms with E-state index in [2.05, 4.69) is 11.9 Å². The molecule has 22 heavy (non-hydrogen) atoms. The summed E-state index contributed by atoms with van der Waals surface area (Å²) in [7, 11) is 0. The molecule has 2 unspecified atom stereocenters. The summed E-state index contributed by atoms with van der Waals surface area (Å²) in [5.41, 5.74) is 0.811. The third kappa shape index (κ3) is 6.05. The molecule has 0 aromatic heterocycles. The van der Waals surface area contributed by atoms with Crippen LogP contribution in [-0.4, -0.2) is 36.2 Å². The fourth-order valence-electron chi connectivity index (χ4n) is 1.88. The van der Waals surface area contributed by atoms with Crippen LogP contribution in [0.2, 0.25) is 0 Å². The lowest BCUT2D eigenvalue weighted by atomic mass is 9.97. The molecular formula is C16H20FNO4. The number of carbonyl (C=O) groups excluding carboxylic acids is 1. The second kappa shape index (κ2) is 8.94. The average molecular weight is 309 g/mol.